The van der Waals surface area contributed by atoms with Gasteiger partial charge in [-0.1, -0.05) is 18.2 Å². The van der Waals surface area contributed by atoms with E-state index in [0.29, 0.717) is 0 Å². The van der Waals surface area contributed by atoms with Crippen LogP contribution in [0.4, 0.5) is 11.5 Å². The van der Waals surface area contributed by atoms with Crippen LogP contribution in [0.2, 0.25) is 0 Å². The lowest BCUT2D eigenvalue weighted by atomic mass is 10.0. The highest BCUT2D eigenvalue weighted by atomic mass is 15.0. The van der Waals surface area contributed by atoms with E-state index in [1.807, 2.05) is 39.3 Å². The molecule has 3 aromatic rings. The molecule has 0 bridgehead atoms. The smallest absolute Gasteiger partial charge is 0.129 e. The third-order valence-electron chi connectivity index (χ3n) is 3.77. The first kappa shape index (κ1) is 15.0. The molecule has 0 spiro atoms. The fourth-order valence-corrected chi connectivity index (χ4v) is 2.46. The van der Waals surface area contributed by atoms with E-state index in [-0.39, 0.29) is 0 Å². The molecule has 0 unspecified atom stereocenters. The summed E-state index contributed by atoms with van der Waals surface area (Å²) in [6, 6.07) is 12.4. The largest absolute Gasteiger partial charge is 0.387 e. The van der Waals surface area contributed by atoms with E-state index in [0.717, 1.165) is 39.6 Å². The molecule has 0 fully saturated rings. The molecule has 0 amide bonds. The zero-order valence-corrected chi connectivity index (χ0v) is 13.5. The molecule has 0 aliphatic rings. The van der Waals surface area contributed by atoms with Crippen LogP contribution in [-0.2, 0) is 0 Å². The third kappa shape index (κ3) is 3.13. The molecule has 116 valence electrons. The number of nitrogens with zero attached hydrogens (tertiary/aromatic N) is 3. The van der Waals surface area contributed by atoms with E-state index in [4.69, 9.17) is 0 Å². The Morgan fingerprint density at radius 3 is 2.48 bits per heavy atom. The highest BCUT2D eigenvalue weighted by Crippen LogP contribution is 2.29. The topological polar surface area (TPSA) is 62.7 Å². The number of hydrogen-bond donors (Lipinski definition) is 2. The molecule has 5 nitrogen and oxygen atoms in total. The average Bonchev–Trinajstić information content (AvgIpc) is 2.62. The van der Waals surface area contributed by atoms with Crippen molar-refractivity contribution in [2.45, 2.75) is 6.92 Å². The Morgan fingerprint density at radius 2 is 1.70 bits per heavy atom. The van der Waals surface area contributed by atoms with E-state index < -0.39 is 0 Å². The Balaban J connectivity index is 2.06. The lowest BCUT2D eigenvalue weighted by Crippen LogP contribution is -1.95. The lowest BCUT2D eigenvalue weighted by molar-refractivity contribution is 1.16. The molecule has 2 N–H and O–H groups in total. The van der Waals surface area contributed by atoms with Crippen molar-refractivity contribution in [2.75, 3.05) is 24.7 Å². The number of hydrogen-bond acceptors (Lipinski definition) is 5. The minimum absolute atomic E-state index is 0.801. The van der Waals surface area contributed by atoms with Crippen LogP contribution in [0.5, 0.6) is 0 Å². The SMILES string of the molecule is CNc1cnc(C)c(-c2cccc(-c3cc(NC)ncn3)c2)c1. The Bertz CT molecular complexity index is 829. The molecule has 2 aromatic heterocycles. The number of aryl methyl sites for hydroxylation is 1. The number of pyridine rings is 1. The average molecular weight is 305 g/mol. The van der Waals surface area contributed by atoms with Crippen molar-refractivity contribution in [1.82, 2.24) is 15.0 Å². The summed E-state index contributed by atoms with van der Waals surface area (Å²) in [6.07, 6.45) is 3.41. The van der Waals surface area contributed by atoms with Crippen LogP contribution in [0.3, 0.4) is 0 Å². The summed E-state index contributed by atoms with van der Waals surface area (Å²) < 4.78 is 0. The number of nitrogens with one attached hydrogen (secondary N) is 2. The van der Waals surface area contributed by atoms with Gasteiger partial charge >= 0.3 is 0 Å². The Kier molecular flexibility index (Phi) is 4.19. The summed E-state index contributed by atoms with van der Waals surface area (Å²) in [6.45, 7) is 2.02. The molecule has 0 atom stereocenters. The molecule has 0 radical (unpaired) electrons. The van der Waals surface area contributed by atoms with Crippen molar-refractivity contribution in [3.8, 4) is 22.4 Å². The van der Waals surface area contributed by atoms with Crippen LogP contribution < -0.4 is 10.6 Å². The summed E-state index contributed by atoms with van der Waals surface area (Å²) in [5.74, 6) is 0.801. The van der Waals surface area contributed by atoms with Crippen LogP contribution in [0, 0.1) is 6.92 Å². The molecule has 2 heterocycles. The maximum Gasteiger partial charge on any atom is 0.129 e. The second-order valence-corrected chi connectivity index (χ2v) is 5.23. The summed E-state index contributed by atoms with van der Waals surface area (Å²) in [5, 5.41) is 6.17. The van der Waals surface area contributed by atoms with Gasteiger partial charge in [0, 0.05) is 37.0 Å². The predicted molar refractivity (Wildman–Crippen MR) is 94.5 cm³/mol. The van der Waals surface area contributed by atoms with Crippen LogP contribution in [0.1, 0.15) is 5.69 Å². The van der Waals surface area contributed by atoms with Gasteiger partial charge < -0.3 is 10.6 Å². The normalized spacial score (nSPS) is 10.4. The van der Waals surface area contributed by atoms with E-state index in [2.05, 4.69) is 49.9 Å². The molecule has 1 aromatic carbocycles. The third-order valence-corrected chi connectivity index (χ3v) is 3.77. The highest BCUT2D eigenvalue weighted by Gasteiger charge is 2.07. The first-order valence-corrected chi connectivity index (χ1v) is 7.46. The Morgan fingerprint density at radius 1 is 0.870 bits per heavy atom. The van der Waals surface area contributed by atoms with Gasteiger partial charge in [0.1, 0.15) is 12.1 Å². The Hall–Kier alpha value is -2.95. The van der Waals surface area contributed by atoms with Gasteiger partial charge in [0.15, 0.2) is 0 Å². The van der Waals surface area contributed by atoms with Crippen molar-refractivity contribution in [1.29, 1.82) is 0 Å². The number of benzene rings is 1. The van der Waals surface area contributed by atoms with Gasteiger partial charge in [0.25, 0.3) is 0 Å². The molecule has 3 rings (SSSR count). The second-order valence-electron chi connectivity index (χ2n) is 5.23. The first-order chi connectivity index (χ1) is 11.2. The van der Waals surface area contributed by atoms with E-state index in [1.54, 1.807) is 6.33 Å². The predicted octanol–water partition coefficient (Wildman–Crippen LogP) is 3.60. The second kappa shape index (κ2) is 6.44. The minimum Gasteiger partial charge on any atom is -0.387 e. The standard InChI is InChI=1S/C18H19N5/c1-12-16(8-15(19-2)10-21-12)13-5-4-6-14(7-13)17-9-18(20-3)23-11-22-17/h4-11,19H,1-3H3,(H,20,22,23). The van der Waals surface area contributed by atoms with Gasteiger partial charge in [-0.3, -0.25) is 4.98 Å². The molecule has 0 aliphatic carbocycles. The Labute approximate surface area is 135 Å². The van der Waals surface area contributed by atoms with Crippen molar-refractivity contribution in [3.05, 3.63) is 54.6 Å². The van der Waals surface area contributed by atoms with Crippen LogP contribution in [0.25, 0.3) is 22.4 Å². The van der Waals surface area contributed by atoms with Gasteiger partial charge in [0.05, 0.1) is 17.6 Å². The zero-order valence-electron chi connectivity index (χ0n) is 13.5. The maximum atomic E-state index is 4.46. The first-order valence-electron chi connectivity index (χ1n) is 7.46. The molecule has 5 heteroatoms. The number of anilines is 2. The van der Waals surface area contributed by atoms with Crippen LogP contribution >= 0.6 is 0 Å². The fourth-order valence-electron chi connectivity index (χ4n) is 2.46. The quantitative estimate of drug-likeness (QED) is 0.771. The lowest BCUT2D eigenvalue weighted by Gasteiger charge is -2.10. The van der Waals surface area contributed by atoms with Gasteiger partial charge in [-0.15, -0.1) is 0 Å². The summed E-state index contributed by atoms with van der Waals surface area (Å²) in [7, 11) is 3.74. The van der Waals surface area contributed by atoms with Gasteiger partial charge in [-0.2, -0.15) is 0 Å². The summed E-state index contributed by atoms with van der Waals surface area (Å²) in [4.78, 5) is 13.0. The monoisotopic (exact) mass is 305 g/mol. The molecular formula is C18H19N5. The highest BCUT2D eigenvalue weighted by molar-refractivity contribution is 5.75. The zero-order chi connectivity index (χ0) is 16.2. The molecule has 0 saturated heterocycles. The van der Waals surface area contributed by atoms with Crippen molar-refractivity contribution < 1.29 is 0 Å². The van der Waals surface area contributed by atoms with Crippen LogP contribution in [-0.4, -0.2) is 29.0 Å². The van der Waals surface area contributed by atoms with Gasteiger partial charge in [-0.05, 0) is 24.6 Å². The van der Waals surface area contributed by atoms with Gasteiger partial charge in [0.2, 0.25) is 0 Å². The van der Waals surface area contributed by atoms with Crippen molar-refractivity contribution in [3.63, 3.8) is 0 Å². The van der Waals surface area contributed by atoms with Crippen LogP contribution in [0.15, 0.2) is 48.9 Å². The summed E-state index contributed by atoms with van der Waals surface area (Å²) in [5.41, 5.74) is 6.17. The molecule has 0 aliphatic heterocycles. The van der Waals surface area contributed by atoms with E-state index in [9.17, 15) is 0 Å². The summed E-state index contributed by atoms with van der Waals surface area (Å²) >= 11 is 0. The molecular weight excluding hydrogens is 286 g/mol. The minimum atomic E-state index is 0.801. The van der Waals surface area contributed by atoms with Crippen molar-refractivity contribution >= 4 is 11.5 Å². The molecule has 0 saturated carbocycles. The number of aromatic nitrogens is 3. The molecule has 23 heavy (non-hydrogen) atoms. The fraction of sp³-hybridized carbons (Fsp3) is 0.167. The van der Waals surface area contributed by atoms with E-state index in [1.165, 1.54) is 0 Å². The van der Waals surface area contributed by atoms with Gasteiger partial charge in [-0.25, -0.2) is 9.97 Å². The van der Waals surface area contributed by atoms with Crippen molar-refractivity contribution in [2.24, 2.45) is 0 Å². The maximum absolute atomic E-state index is 4.46. The van der Waals surface area contributed by atoms with E-state index >= 15 is 0 Å². The number of rotatable bonds is 4.